The number of aliphatic carboxylic acids is 1. The molecule has 2 fully saturated rings. The van der Waals surface area contributed by atoms with Crippen LogP contribution in [0.2, 0.25) is 0 Å². The van der Waals surface area contributed by atoms with E-state index in [1.807, 2.05) is 0 Å². The zero-order valence-electron chi connectivity index (χ0n) is 12.5. The summed E-state index contributed by atoms with van der Waals surface area (Å²) < 4.78 is 0. The van der Waals surface area contributed by atoms with Gasteiger partial charge in [-0.25, -0.2) is 0 Å². The quantitative estimate of drug-likeness (QED) is 0.839. The molecule has 116 valence electrons. The van der Waals surface area contributed by atoms with Crippen LogP contribution in [-0.2, 0) is 9.59 Å². The fourth-order valence-electron chi connectivity index (χ4n) is 4.20. The van der Waals surface area contributed by atoms with Gasteiger partial charge in [0, 0.05) is 12.1 Å². The van der Waals surface area contributed by atoms with Gasteiger partial charge in [0.2, 0.25) is 5.91 Å². The Hall–Kier alpha value is -1.39. The van der Waals surface area contributed by atoms with E-state index in [4.69, 9.17) is 10.1 Å². The number of carboxylic acid groups (broad SMARTS) is 1. The number of aliphatic imine (C=N–C) groups is 1. The van der Waals surface area contributed by atoms with Crippen LogP contribution >= 0.6 is 0 Å². The molecule has 1 spiro atoms. The van der Waals surface area contributed by atoms with Crippen LogP contribution in [0, 0.1) is 5.41 Å². The monoisotopic (exact) mass is 292 g/mol. The van der Waals surface area contributed by atoms with Crippen molar-refractivity contribution in [2.24, 2.45) is 10.4 Å². The van der Waals surface area contributed by atoms with Gasteiger partial charge in [-0.1, -0.05) is 12.8 Å². The number of amides is 1. The normalized spacial score (nSPS) is 31.2. The van der Waals surface area contributed by atoms with Crippen molar-refractivity contribution in [1.82, 2.24) is 5.32 Å². The lowest BCUT2D eigenvalue weighted by Crippen LogP contribution is -2.61. The summed E-state index contributed by atoms with van der Waals surface area (Å²) in [6.45, 7) is 0. The largest absolute Gasteiger partial charge is 0.481 e. The van der Waals surface area contributed by atoms with Crippen molar-refractivity contribution in [1.29, 1.82) is 0 Å². The van der Waals surface area contributed by atoms with Gasteiger partial charge in [0.05, 0.1) is 5.41 Å². The van der Waals surface area contributed by atoms with E-state index < -0.39 is 11.4 Å². The van der Waals surface area contributed by atoms with Crippen LogP contribution in [0.1, 0.15) is 70.6 Å². The third-order valence-corrected chi connectivity index (χ3v) is 5.40. The number of nitrogens with zero attached hydrogens (tertiary/aromatic N) is 1. The highest BCUT2D eigenvalue weighted by Crippen LogP contribution is 2.44. The summed E-state index contributed by atoms with van der Waals surface area (Å²) in [5, 5.41) is 12.2. The molecule has 0 saturated heterocycles. The number of rotatable bonds is 3. The van der Waals surface area contributed by atoms with Gasteiger partial charge in [0.15, 0.2) is 0 Å². The Balaban J connectivity index is 1.92. The van der Waals surface area contributed by atoms with Gasteiger partial charge >= 0.3 is 5.97 Å². The molecule has 0 bridgehead atoms. The van der Waals surface area contributed by atoms with E-state index in [9.17, 15) is 9.59 Å². The van der Waals surface area contributed by atoms with Crippen molar-refractivity contribution in [3.63, 3.8) is 0 Å². The lowest BCUT2D eigenvalue weighted by atomic mass is 9.66. The van der Waals surface area contributed by atoms with Gasteiger partial charge < -0.3 is 10.4 Å². The molecule has 0 aromatic heterocycles. The first-order valence-corrected chi connectivity index (χ1v) is 8.20. The van der Waals surface area contributed by atoms with E-state index in [0.717, 1.165) is 57.1 Å². The van der Waals surface area contributed by atoms with E-state index in [1.165, 1.54) is 6.42 Å². The van der Waals surface area contributed by atoms with Crippen molar-refractivity contribution in [3.8, 4) is 0 Å². The molecule has 0 radical (unpaired) electrons. The zero-order chi connectivity index (χ0) is 14.9. The smallest absolute Gasteiger partial charge is 0.303 e. The number of nitrogens with one attached hydrogen (secondary N) is 1. The molecule has 2 N–H and O–H groups in total. The summed E-state index contributed by atoms with van der Waals surface area (Å²) in [4.78, 5) is 28.8. The third kappa shape index (κ3) is 2.58. The third-order valence-electron chi connectivity index (χ3n) is 5.40. The Bertz CT molecular complexity index is 480. The maximum atomic E-state index is 12.9. The molecule has 21 heavy (non-hydrogen) atoms. The molecule has 0 aromatic carbocycles. The van der Waals surface area contributed by atoms with Crippen molar-refractivity contribution in [2.45, 2.75) is 76.3 Å². The van der Waals surface area contributed by atoms with Crippen molar-refractivity contribution >= 4 is 17.6 Å². The molecule has 1 aliphatic heterocycles. The molecule has 1 amide bonds. The Morgan fingerprint density at radius 1 is 1.14 bits per heavy atom. The summed E-state index contributed by atoms with van der Waals surface area (Å²) in [7, 11) is 0. The second-order valence-corrected chi connectivity index (χ2v) is 6.79. The zero-order valence-corrected chi connectivity index (χ0v) is 12.5. The lowest BCUT2D eigenvalue weighted by molar-refractivity contribution is -0.138. The minimum atomic E-state index is -0.833. The van der Waals surface area contributed by atoms with Crippen LogP contribution in [0.5, 0.6) is 0 Å². The van der Waals surface area contributed by atoms with E-state index in [1.54, 1.807) is 0 Å². The standard InChI is InChI=1S/C16H24N2O3/c19-13(20)7-11-15-8-5-2-6-12(15)17-16(18-14(15)21)9-3-1-4-10-16/h1-11H2,(H,18,21)(H,19,20)/t15-/m1/s1. The lowest BCUT2D eigenvalue weighted by Gasteiger charge is -2.47. The number of fused-ring (bicyclic) bond motifs is 1. The van der Waals surface area contributed by atoms with Crippen LogP contribution in [0.4, 0.5) is 0 Å². The van der Waals surface area contributed by atoms with Crippen LogP contribution in [0.25, 0.3) is 0 Å². The van der Waals surface area contributed by atoms with E-state index >= 15 is 0 Å². The van der Waals surface area contributed by atoms with Crippen LogP contribution in [0.3, 0.4) is 0 Å². The Morgan fingerprint density at radius 3 is 2.57 bits per heavy atom. The number of carbonyl (C=O) groups excluding carboxylic acids is 1. The predicted molar refractivity (Wildman–Crippen MR) is 79.2 cm³/mol. The highest BCUT2D eigenvalue weighted by molar-refractivity contribution is 6.11. The first-order valence-electron chi connectivity index (χ1n) is 8.20. The second-order valence-electron chi connectivity index (χ2n) is 6.79. The van der Waals surface area contributed by atoms with Gasteiger partial charge in [-0.05, 0) is 51.4 Å². The fourth-order valence-corrected chi connectivity index (χ4v) is 4.20. The minimum Gasteiger partial charge on any atom is -0.481 e. The molecule has 0 unspecified atom stereocenters. The highest BCUT2D eigenvalue weighted by atomic mass is 16.4. The SMILES string of the molecule is O=C(O)CC[C@]12CCCCC1=NC1(CCCCC1)NC2=O. The van der Waals surface area contributed by atoms with Crippen molar-refractivity contribution in [3.05, 3.63) is 0 Å². The summed E-state index contributed by atoms with van der Waals surface area (Å²) >= 11 is 0. The minimum absolute atomic E-state index is 0.0374. The Kier molecular flexibility index (Phi) is 3.76. The highest BCUT2D eigenvalue weighted by Gasteiger charge is 2.51. The summed E-state index contributed by atoms with van der Waals surface area (Å²) in [6.07, 6.45) is 9.38. The van der Waals surface area contributed by atoms with Crippen molar-refractivity contribution < 1.29 is 14.7 Å². The van der Waals surface area contributed by atoms with Crippen LogP contribution in [0.15, 0.2) is 4.99 Å². The number of hydrogen-bond donors (Lipinski definition) is 2. The molecular formula is C16H24N2O3. The number of carbonyl (C=O) groups is 2. The van der Waals surface area contributed by atoms with Crippen molar-refractivity contribution in [2.75, 3.05) is 0 Å². The van der Waals surface area contributed by atoms with Gasteiger partial charge in [-0.15, -0.1) is 0 Å². The maximum Gasteiger partial charge on any atom is 0.303 e. The molecule has 5 nitrogen and oxygen atoms in total. The number of carboxylic acids is 1. The second kappa shape index (κ2) is 5.43. The molecule has 0 aromatic rings. The first kappa shape index (κ1) is 14.5. The predicted octanol–water partition coefficient (Wildman–Crippen LogP) is 2.64. The van der Waals surface area contributed by atoms with E-state index in [2.05, 4.69) is 5.32 Å². The molecule has 1 atom stereocenters. The Labute approximate surface area is 125 Å². The van der Waals surface area contributed by atoms with E-state index in [-0.39, 0.29) is 18.0 Å². The first-order chi connectivity index (χ1) is 10.1. The van der Waals surface area contributed by atoms with Gasteiger partial charge in [-0.2, -0.15) is 0 Å². The maximum absolute atomic E-state index is 12.9. The molecule has 3 aliphatic rings. The Morgan fingerprint density at radius 2 is 1.86 bits per heavy atom. The molecule has 3 rings (SSSR count). The summed E-state index contributed by atoms with van der Waals surface area (Å²) in [5.41, 5.74) is -0.0331. The molecular weight excluding hydrogens is 268 g/mol. The molecule has 1 heterocycles. The molecule has 2 aliphatic carbocycles. The topological polar surface area (TPSA) is 78.8 Å². The summed E-state index contributed by atoms with van der Waals surface area (Å²) in [5.74, 6) is -0.796. The average molecular weight is 292 g/mol. The fraction of sp³-hybridized carbons (Fsp3) is 0.812. The molecule has 2 saturated carbocycles. The van der Waals surface area contributed by atoms with E-state index in [0.29, 0.717) is 6.42 Å². The van der Waals surface area contributed by atoms with Gasteiger partial charge in [0.25, 0.3) is 0 Å². The summed E-state index contributed by atoms with van der Waals surface area (Å²) in [6, 6.07) is 0. The molecule has 5 heteroatoms. The van der Waals surface area contributed by atoms with Crippen LogP contribution < -0.4 is 5.32 Å². The van der Waals surface area contributed by atoms with Gasteiger partial charge in [-0.3, -0.25) is 14.6 Å². The van der Waals surface area contributed by atoms with Gasteiger partial charge in [0.1, 0.15) is 5.66 Å². The number of hydrogen-bond acceptors (Lipinski definition) is 3. The van der Waals surface area contributed by atoms with Crippen LogP contribution in [-0.4, -0.2) is 28.4 Å². The average Bonchev–Trinajstić information content (AvgIpc) is 2.46.